The maximum Gasteiger partial charge on any atom is 0.393 e. The molecule has 0 atom stereocenters. The Balaban J connectivity index is 1.78. The SMILES string of the molecule is ClCc1coc(OCCc2cccs2)n1. The molecule has 2 heterocycles. The van der Waals surface area contributed by atoms with Gasteiger partial charge in [-0.3, -0.25) is 0 Å². The molecule has 0 saturated carbocycles. The van der Waals surface area contributed by atoms with Gasteiger partial charge in [0.25, 0.3) is 0 Å². The molecule has 0 amide bonds. The van der Waals surface area contributed by atoms with Crippen molar-refractivity contribution in [3.63, 3.8) is 0 Å². The standard InChI is InChI=1S/C10H10ClNO2S/c11-6-8-7-14-10(12-8)13-4-3-9-2-1-5-15-9/h1-2,5,7H,3-4,6H2. The predicted octanol–water partition coefficient (Wildman–Crippen LogP) is 3.10. The van der Waals surface area contributed by atoms with Crippen LogP contribution >= 0.6 is 22.9 Å². The highest BCUT2D eigenvalue weighted by atomic mass is 35.5. The molecule has 0 fully saturated rings. The molecular weight excluding hydrogens is 234 g/mol. The molecule has 15 heavy (non-hydrogen) atoms. The van der Waals surface area contributed by atoms with Crippen LogP contribution in [0, 0.1) is 0 Å². The number of nitrogens with zero attached hydrogens (tertiary/aromatic N) is 1. The van der Waals surface area contributed by atoms with Gasteiger partial charge < -0.3 is 9.15 Å². The molecule has 0 aliphatic rings. The van der Waals surface area contributed by atoms with E-state index in [1.54, 1.807) is 11.3 Å². The van der Waals surface area contributed by atoms with E-state index < -0.39 is 0 Å². The lowest BCUT2D eigenvalue weighted by molar-refractivity contribution is 0.234. The summed E-state index contributed by atoms with van der Waals surface area (Å²) in [6.07, 6.45) is 2.67. The number of rotatable bonds is 5. The highest BCUT2D eigenvalue weighted by Crippen LogP contribution is 2.13. The van der Waals surface area contributed by atoms with Gasteiger partial charge in [-0.25, -0.2) is 0 Å². The Morgan fingerprint density at radius 1 is 1.53 bits per heavy atom. The van der Waals surface area contributed by atoms with Gasteiger partial charge in [-0.2, -0.15) is 4.98 Å². The molecule has 2 aromatic rings. The first-order valence-corrected chi connectivity index (χ1v) is 5.95. The summed E-state index contributed by atoms with van der Waals surface area (Å²) in [6.45, 7) is 0.572. The molecule has 0 aromatic carbocycles. The topological polar surface area (TPSA) is 35.3 Å². The molecule has 0 spiro atoms. The summed E-state index contributed by atoms with van der Waals surface area (Å²) in [6, 6.07) is 4.10. The second-order valence-electron chi connectivity index (χ2n) is 2.92. The molecule has 5 heteroatoms. The van der Waals surface area contributed by atoms with Crippen LogP contribution < -0.4 is 4.74 Å². The molecule has 0 saturated heterocycles. The lowest BCUT2D eigenvalue weighted by Crippen LogP contribution is -2.00. The molecule has 3 nitrogen and oxygen atoms in total. The van der Waals surface area contributed by atoms with Crippen LogP contribution in [0.3, 0.4) is 0 Å². The number of oxazole rings is 1. The van der Waals surface area contributed by atoms with Crippen LogP contribution in [0.4, 0.5) is 0 Å². The summed E-state index contributed by atoms with van der Waals surface area (Å²) in [5.74, 6) is 0.345. The summed E-state index contributed by atoms with van der Waals surface area (Å²) >= 11 is 7.29. The molecule has 0 aliphatic carbocycles. The van der Waals surface area contributed by atoms with Gasteiger partial charge in [-0.15, -0.1) is 22.9 Å². The Morgan fingerprint density at radius 2 is 2.47 bits per heavy atom. The fourth-order valence-electron chi connectivity index (χ4n) is 1.11. The third-order valence-electron chi connectivity index (χ3n) is 1.82. The smallest absolute Gasteiger partial charge is 0.393 e. The van der Waals surface area contributed by atoms with Crippen molar-refractivity contribution < 1.29 is 9.15 Å². The van der Waals surface area contributed by atoms with E-state index in [2.05, 4.69) is 11.1 Å². The second kappa shape index (κ2) is 5.19. The van der Waals surface area contributed by atoms with Gasteiger partial charge in [-0.05, 0) is 11.4 Å². The van der Waals surface area contributed by atoms with Crippen LogP contribution in [0.2, 0.25) is 0 Å². The molecule has 2 rings (SSSR count). The van der Waals surface area contributed by atoms with Crippen LogP contribution in [-0.2, 0) is 12.3 Å². The first-order valence-electron chi connectivity index (χ1n) is 4.54. The van der Waals surface area contributed by atoms with Gasteiger partial charge in [-0.1, -0.05) is 6.07 Å². The van der Waals surface area contributed by atoms with Crippen molar-refractivity contribution in [2.24, 2.45) is 0 Å². The summed E-state index contributed by atoms with van der Waals surface area (Å²) in [7, 11) is 0. The Kier molecular flexibility index (Phi) is 3.64. The molecule has 0 unspecified atom stereocenters. The van der Waals surface area contributed by atoms with Crippen molar-refractivity contribution in [2.45, 2.75) is 12.3 Å². The van der Waals surface area contributed by atoms with E-state index in [0.717, 1.165) is 6.42 Å². The van der Waals surface area contributed by atoms with Crippen molar-refractivity contribution in [1.29, 1.82) is 0 Å². The predicted molar refractivity (Wildman–Crippen MR) is 59.6 cm³/mol. The number of hydrogen-bond donors (Lipinski definition) is 0. The quantitative estimate of drug-likeness (QED) is 0.757. The average molecular weight is 244 g/mol. The van der Waals surface area contributed by atoms with Crippen molar-refractivity contribution in [1.82, 2.24) is 4.98 Å². The zero-order valence-corrected chi connectivity index (χ0v) is 9.55. The highest BCUT2D eigenvalue weighted by Gasteiger charge is 2.03. The van der Waals surface area contributed by atoms with Crippen molar-refractivity contribution in [3.8, 4) is 6.08 Å². The van der Waals surface area contributed by atoms with Crippen LogP contribution in [0.15, 0.2) is 28.2 Å². The maximum atomic E-state index is 5.58. The lowest BCUT2D eigenvalue weighted by Gasteiger charge is -1.98. The van der Waals surface area contributed by atoms with Crippen molar-refractivity contribution >= 4 is 22.9 Å². The molecule has 80 valence electrons. The molecule has 0 bridgehead atoms. The molecule has 0 N–H and O–H groups in total. The van der Waals surface area contributed by atoms with E-state index in [9.17, 15) is 0 Å². The molecule has 0 radical (unpaired) electrons. The van der Waals surface area contributed by atoms with Crippen molar-refractivity contribution in [3.05, 3.63) is 34.3 Å². The number of ether oxygens (including phenoxy) is 1. The Labute approximate surface area is 96.7 Å². The van der Waals surface area contributed by atoms with Gasteiger partial charge in [0.1, 0.15) is 6.26 Å². The molecule has 0 aliphatic heterocycles. The zero-order chi connectivity index (χ0) is 10.5. The van der Waals surface area contributed by atoms with Gasteiger partial charge in [0.15, 0.2) is 0 Å². The molecular formula is C10H10ClNO2S. The Hall–Kier alpha value is -1.00. The Morgan fingerprint density at radius 3 is 3.13 bits per heavy atom. The maximum absolute atomic E-state index is 5.58. The van der Waals surface area contributed by atoms with Gasteiger partial charge in [0.05, 0.1) is 18.2 Å². The minimum absolute atomic E-state index is 0.294. The monoisotopic (exact) mass is 243 g/mol. The summed E-state index contributed by atoms with van der Waals surface area (Å²) < 4.78 is 10.4. The number of alkyl halides is 1. The van der Waals surface area contributed by atoms with E-state index >= 15 is 0 Å². The summed E-state index contributed by atoms with van der Waals surface area (Å²) in [5.41, 5.74) is 0.697. The first kappa shape index (κ1) is 10.5. The number of halogens is 1. The minimum atomic E-state index is 0.294. The molecule has 2 aromatic heterocycles. The van der Waals surface area contributed by atoms with E-state index in [1.807, 2.05) is 11.4 Å². The van der Waals surface area contributed by atoms with Crippen LogP contribution in [-0.4, -0.2) is 11.6 Å². The van der Waals surface area contributed by atoms with Gasteiger partial charge in [0, 0.05) is 11.3 Å². The largest absolute Gasteiger partial charge is 0.450 e. The number of aromatic nitrogens is 1. The van der Waals surface area contributed by atoms with E-state index in [1.165, 1.54) is 11.1 Å². The average Bonchev–Trinajstić information content (AvgIpc) is 2.88. The summed E-state index contributed by atoms with van der Waals surface area (Å²) in [4.78, 5) is 5.32. The van der Waals surface area contributed by atoms with Crippen LogP contribution in [0.25, 0.3) is 0 Å². The lowest BCUT2D eigenvalue weighted by atomic mass is 10.4. The number of hydrogen-bond acceptors (Lipinski definition) is 4. The Bertz CT molecular complexity index is 399. The fourth-order valence-corrected chi connectivity index (χ4v) is 1.92. The second-order valence-corrected chi connectivity index (χ2v) is 4.22. The van der Waals surface area contributed by atoms with E-state index in [0.29, 0.717) is 24.3 Å². The van der Waals surface area contributed by atoms with Crippen LogP contribution in [0.1, 0.15) is 10.6 Å². The third-order valence-corrected chi connectivity index (χ3v) is 3.03. The van der Waals surface area contributed by atoms with Gasteiger partial charge >= 0.3 is 6.08 Å². The zero-order valence-electron chi connectivity index (χ0n) is 7.98. The summed E-state index contributed by atoms with van der Waals surface area (Å²) in [5, 5.41) is 2.05. The normalized spacial score (nSPS) is 10.5. The first-order chi connectivity index (χ1) is 7.38. The third kappa shape index (κ3) is 2.97. The van der Waals surface area contributed by atoms with E-state index in [-0.39, 0.29) is 0 Å². The fraction of sp³-hybridized carbons (Fsp3) is 0.300. The van der Waals surface area contributed by atoms with Crippen molar-refractivity contribution in [2.75, 3.05) is 6.61 Å². The van der Waals surface area contributed by atoms with E-state index in [4.69, 9.17) is 20.8 Å². The number of thiophene rings is 1. The highest BCUT2D eigenvalue weighted by molar-refractivity contribution is 7.09. The van der Waals surface area contributed by atoms with Gasteiger partial charge in [0.2, 0.25) is 0 Å². The van der Waals surface area contributed by atoms with Crippen LogP contribution in [0.5, 0.6) is 6.08 Å². The minimum Gasteiger partial charge on any atom is -0.450 e.